The number of hydrogen-bond donors (Lipinski definition) is 3. The van der Waals surface area contributed by atoms with Crippen LogP contribution < -0.4 is 11.1 Å². The summed E-state index contributed by atoms with van der Waals surface area (Å²) in [5.41, 5.74) is 6.50. The summed E-state index contributed by atoms with van der Waals surface area (Å²) in [5.74, 6) is -1.31. The van der Waals surface area contributed by atoms with Crippen LogP contribution in [0.5, 0.6) is 0 Å². The normalized spacial score (nSPS) is 12.1. The van der Waals surface area contributed by atoms with Crippen LogP contribution in [0, 0.1) is 0 Å². The molecule has 5 heteroatoms. The summed E-state index contributed by atoms with van der Waals surface area (Å²) in [6.07, 6.45) is 1.40. The van der Waals surface area contributed by atoms with Crippen LogP contribution in [0.3, 0.4) is 0 Å². The molecule has 1 amide bonds. The maximum atomic E-state index is 10.9. The van der Waals surface area contributed by atoms with Gasteiger partial charge in [-0.15, -0.1) is 0 Å². The number of carboxylic acid groups (broad SMARTS) is 1. The number of benzene rings is 1. The van der Waals surface area contributed by atoms with Gasteiger partial charge in [-0.05, 0) is 24.1 Å². The SMILES string of the molecule is CCCC(NCc1ccc(C(N)=O)cc1)C(=O)O. The highest BCUT2D eigenvalue weighted by molar-refractivity contribution is 5.92. The number of carboxylic acids is 1. The molecule has 98 valence electrons. The van der Waals surface area contributed by atoms with E-state index in [2.05, 4.69) is 5.32 Å². The smallest absolute Gasteiger partial charge is 0.320 e. The summed E-state index contributed by atoms with van der Waals surface area (Å²) in [4.78, 5) is 21.8. The molecule has 1 rings (SSSR count). The van der Waals surface area contributed by atoms with E-state index >= 15 is 0 Å². The monoisotopic (exact) mass is 250 g/mol. The lowest BCUT2D eigenvalue weighted by atomic mass is 10.1. The van der Waals surface area contributed by atoms with E-state index in [-0.39, 0.29) is 0 Å². The van der Waals surface area contributed by atoms with E-state index in [0.717, 1.165) is 12.0 Å². The molecule has 0 aliphatic rings. The third-order valence-corrected chi connectivity index (χ3v) is 2.67. The fourth-order valence-electron chi connectivity index (χ4n) is 1.63. The average molecular weight is 250 g/mol. The number of aliphatic carboxylic acids is 1. The lowest BCUT2D eigenvalue weighted by Crippen LogP contribution is -2.35. The van der Waals surface area contributed by atoms with Crippen LogP contribution in [0.1, 0.15) is 35.7 Å². The zero-order valence-electron chi connectivity index (χ0n) is 10.3. The minimum Gasteiger partial charge on any atom is -0.480 e. The van der Waals surface area contributed by atoms with Crippen molar-refractivity contribution in [2.45, 2.75) is 32.4 Å². The first-order valence-corrected chi connectivity index (χ1v) is 5.89. The zero-order chi connectivity index (χ0) is 13.5. The van der Waals surface area contributed by atoms with Crippen molar-refractivity contribution in [3.8, 4) is 0 Å². The Morgan fingerprint density at radius 1 is 1.33 bits per heavy atom. The summed E-state index contributed by atoms with van der Waals surface area (Å²) in [7, 11) is 0. The van der Waals surface area contributed by atoms with E-state index in [1.165, 1.54) is 0 Å². The van der Waals surface area contributed by atoms with Crippen LogP contribution in [0.25, 0.3) is 0 Å². The standard InChI is InChI=1S/C13H18N2O3/c1-2-3-11(13(17)18)15-8-9-4-6-10(7-5-9)12(14)16/h4-7,11,15H,2-3,8H2,1H3,(H2,14,16)(H,17,18). The number of nitrogens with one attached hydrogen (secondary N) is 1. The first kappa shape index (κ1) is 14.2. The third kappa shape index (κ3) is 4.18. The number of carbonyl (C=O) groups is 2. The molecule has 1 atom stereocenters. The summed E-state index contributed by atoms with van der Waals surface area (Å²) < 4.78 is 0. The molecule has 0 saturated carbocycles. The Morgan fingerprint density at radius 2 is 1.94 bits per heavy atom. The quantitative estimate of drug-likeness (QED) is 0.676. The van der Waals surface area contributed by atoms with Gasteiger partial charge in [-0.3, -0.25) is 9.59 Å². The van der Waals surface area contributed by atoms with Crippen LogP contribution >= 0.6 is 0 Å². The number of carbonyl (C=O) groups excluding carboxylic acids is 1. The lowest BCUT2D eigenvalue weighted by molar-refractivity contribution is -0.139. The van der Waals surface area contributed by atoms with Gasteiger partial charge >= 0.3 is 5.97 Å². The van der Waals surface area contributed by atoms with Gasteiger partial charge in [-0.1, -0.05) is 25.5 Å². The van der Waals surface area contributed by atoms with Crippen molar-refractivity contribution >= 4 is 11.9 Å². The van der Waals surface area contributed by atoms with Crippen molar-refractivity contribution in [1.29, 1.82) is 0 Å². The second-order valence-electron chi connectivity index (χ2n) is 4.12. The molecule has 0 aliphatic carbocycles. The minimum absolute atomic E-state index is 0.446. The molecule has 0 saturated heterocycles. The van der Waals surface area contributed by atoms with Crippen LogP contribution in [0.4, 0.5) is 0 Å². The van der Waals surface area contributed by atoms with Gasteiger partial charge in [0.05, 0.1) is 0 Å². The van der Waals surface area contributed by atoms with Crippen molar-refractivity contribution < 1.29 is 14.7 Å². The van der Waals surface area contributed by atoms with Gasteiger partial charge in [0.2, 0.25) is 5.91 Å². The van der Waals surface area contributed by atoms with Gasteiger partial charge in [0.25, 0.3) is 0 Å². The molecular weight excluding hydrogens is 232 g/mol. The zero-order valence-corrected chi connectivity index (χ0v) is 10.3. The highest BCUT2D eigenvalue weighted by atomic mass is 16.4. The molecule has 18 heavy (non-hydrogen) atoms. The number of primary amides is 1. The first-order valence-electron chi connectivity index (χ1n) is 5.89. The molecule has 0 bridgehead atoms. The number of nitrogens with two attached hydrogens (primary N) is 1. The predicted molar refractivity (Wildman–Crippen MR) is 68.1 cm³/mol. The van der Waals surface area contributed by atoms with E-state index in [1.54, 1.807) is 24.3 Å². The maximum absolute atomic E-state index is 10.9. The van der Waals surface area contributed by atoms with Crippen molar-refractivity contribution in [2.75, 3.05) is 0 Å². The van der Waals surface area contributed by atoms with Crippen molar-refractivity contribution in [1.82, 2.24) is 5.32 Å². The lowest BCUT2D eigenvalue weighted by Gasteiger charge is -2.13. The predicted octanol–water partition coefficient (Wildman–Crippen LogP) is 1.13. The van der Waals surface area contributed by atoms with Gasteiger partial charge in [0, 0.05) is 12.1 Å². The fourth-order valence-corrected chi connectivity index (χ4v) is 1.63. The second-order valence-corrected chi connectivity index (χ2v) is 4.12. The van der Waals surface area contributed by atoms with Crippen LogP contribution in [-0.2, 0) is 11.3 Å². The topological polar surface area (TPSA) is 92.4 Å². The Bertz CT molecular complexity index is 415. The molecular formula is C13H18N2O3. The highest BCUT2D eigenvalue weighted by Crippen LogP contribution is 2.05. The molecule has 0 fully saturated rings. The molecule has 1 unspecified atom stereocenters. The highest BCUT2D eigenvalue weighted by Gasteiger charge is 2.14. The molecule has 0 radical (unpaired) electrons. The third-order valence-electron chi connectivity index (χ3n) is 2.67. The van der Waals surface area contributed by atoms with Crippen LogP contribution in [0.2, 0.25) is 0 Å². The molecule has 5 nitrogen and oxygen atoms in total. The maximum Gasteiger partial charge on any atom is 0.320 e. The Hall–Kier alpha value is -1.88. The Morgan fingerprint density at radius 3 is 2.39 bits per heavy atom. The molecule has 0 aromatic heterocycles. The number of hydrogen-bond acceptors (Lipinski definition) is 3. The summed E-state index contributed by atoms with van der Waals surface area (Å²) in [5, 5.41) is 11.9. The van der Waals surface area contributed by atoms with Gasteiger partial charge in [0.15, 0.2) is 0 Å². The molecule has 0 spiro atoms. The largest absolute Gasteiger partial charge is 0.480 e. The van der Waals surface area contributed by atoms with Gasteiger partial charge in [-0.25, -0.2) is 0 Å². The fraction of sp³-hybridized carbons (Fsp3) is 0.385. The van der Waals surface area contributed by atoms with E-state index in [4.69, 9.17) is 10.8 Å². The van der Waals surface area contributed by atoms with Gasteiger partial charge in [0.1, 0.15) is 6.04 Å². The number of rotatable bonds is 7. The van der Waals surface area contributed by atoms with Crippen LogP contribution in [0.15, 0.2) is 24.3 Å². The van der Waals surface area contributed by atoms with Crippen molar-refractivity contribution in [3.63, 3.8) is 0 Å². The number of amides is 1. The average Bonchev–Trinajstić information content (AvgIpc) is 2.34. The van der Waals surface area contributed by atoms with Gasteiger partial charge in [-0.2, -0.15) is 0 Å². The van der Waals surface area contributed by atoms with E-state index in [1.807, 2.05) is 6.92 Å². The molecule has 4 N–H and O–H groups in total. The van der Waals surface area contributed by atoms with E-state index in [0.29, 0.717) is 18.5 Å². The summed E-state index contributed by atoms with van der Waals surface area (Å²) in [6, 6.07) is 6.26. The summed E-state index contributed by atoms with van der Waals surface area (Å²) >= 11 is 0. The van der Waals surface area contributed by atoms with Gasteiger partial charge < -0.3 is 16.2 Å². The van der Waals surface area contributed by atoms with E-state index < -0.39 is 17.9 Å². The van der Waals surface area contributed by atoms with Crippen molar-refractivity contribution in [2.24, 2.45) is 5.73 Å². The van der Waals surface area contributed by atoms with Crippen molar-refractivity contribution in [3.05, 3.63) is 35.4 Å². The summed E-state index contributed by atoms with van der Waals surface area (Å²) in [6.45, 7) is 2.40. The Balaban J connectivity index is 2.56. The molecule has 1 aromatic carbocycles. The Kier molecular flexibility index (Phi) is 5.32. The first-order chi connectivity index (χ1) is 8.54. The molecule has 0 aliphatic heterocycles. The van der Waals surface area contributed by atoms with E-state index in [9.17, 15) is 9.59 Å². The molecule has 1 aromatic rings. The minimum atomic E-state index is -0.842. The molecule has 0 heterocycles. The second kappa shape index (κ2) is 6.76. The van der Waals surface area contributed by atoms with Crippen LogP contribution in [-0.4, -0.2) is 23.0 Å². The Labute approximate surface area is 106 Å².